The zero-order valence-electron chi connectivity index (χ0n) is 9.34. The molecule has 1 aliphatic rings. The SMILES string of the molecule is CO[C@@H]1OC=CC[C@H]1OCc1ccccc1. The summed E-state index contributed by atoms with van der Waals surface area (Å²) in [7, 11) is 1.63. The third kappa shape index (κ3) is 2.84. The van der Waals surface area contributed by atoms with Crippen LogP contribution in [-0.2, 0) is 20.8 Å². The quantitative estimate of drug-likeness (QED) is 0.780. The van der Waals surface area contributed by atoms with E-state index in [9.17, 15) is 0 Å². The van der Waals surface area contributed by atoms with E-state index in [4.69, 9.17) is 14.2 Å². The van der Waals surface area contributed by atoms with Gasteiger partial charge in [-0.2, -0.15) is 0 Å². The lowest BCUT2D eigenvalue weighted by atomic mass is 10.2. The van der Waals surface area contributed by atoms with E-state index < -0.39 is 0 Å². The van der Waals surface area contributed by atoms with Crippen molar-refractivity contribution in [2.45, 2.75) is 25.4 Å². The molecule has 3 nitrogen and oxygen atoms in total. The number of hydrogen-bond acceptors (Lipinski definition) is 3. The van der Waals surface area contributed by atoms with Gasteiger partial charge in [0.2, 0.25) is 6.29 Å². The molecule has 0 aliphatic carbocycles. The Balaban J connectivity index is 1.87. The Morgan fingerprint density at radius 2 is 2.12 bits per heavy atom. The maximum Gasteiger partial charge on any atom is 0.225 e. The van der Waals surface area contributed by atoms with Crippen LogP contribution in [0.25, 0.3) is 0 Å². The first-order valence-corrected chi connectivity index (χ1v) is 5.39. The summed E-state index contributed by atoms with van der Waals surface area (Å²) in [5, 5.41) is 0. The second-order valence-electron chi connectivity index (χ2n) is 3.68. The van der Waals surface area contributed by atoms with Crippen LogP contribution in [0.4, 0.5) is 0 Å². The summed E-state index contributed by atoms with van der Waals surface area (Å²) < 4.78 is 16.3. The molecule has 0 saturated heterocycles. The minimum absolute atomic E-state index is 0.0322. The second-order valence-corrected chi connectivity index (χ2v) is 3.68. The molecule has 0 fully saturated rings. The minimum Gasteiger partial charge on any atom is -0.470 e. The molecule has 1 aromatic carbocycles. The van der Waals surface area contributed by atoms with Crippen LogP contribution >= 0.6 is 0 Å². The lowest BCUT2D eigenvalue weighted by Crippen LogP contribution is -2.33. The highest BCUT2D eigenvalue weighted by molar-refractivity contribution is 5.13. The van der Waals surface area contributed by atoms with Gasteiger partial charge in [0.1, 0.15) is 6.10 Å². The van der Waals surface area contributed by atoms with Crippen molar-refractivity contribution < 1.29 is 14.2 Å². The molecule has 0 saturated carbocycles. The number of hydrogen-bond donors (Lipinski definition) is 0. The normalized spacial score (nSPS) is 24.1. The Morgan fingerprint density at radius 1 is 1.31 bits per heavy atom. The van der Waals surface area contributed by atoms with Crippen LogP contribution in [0.15, 0.2) is 42.7 Å². The zero-order valence-corrected chi connectivity index (χ0v) is 9.34. The monoisotopic (exact) mass is 220 g/mol. The number of benzene rings is 1. The lowest BCUT2D eigenvalue weighted by molar-refractivity contribution is -0.177. The van der Waals surface area contributed by atoms with E-state index in [1.54, 1.807) is 13.4 Å². The maximum atomic E-state index is 5.77. The molecule has 16 heavy (non-hydrogen) atoms. The summed E-state index contributed by atoms with van der Waals surface area (Å²) in [6.07, 6.45) is 4.11. The van der Waals surface area contributed by atoms with Crippen molar-refractivity contribution in [2.75, 3.05) is 7.11 Å². The summed E-state index contributed by atoms with van der Waals surface area (Å²) in [5.41, 5.74) is 1.16. The van der Waals surface area contributed by atoms with Crippen LogP contribution in [0.5, 0.6) is 0 Å². The van der Waals surface area contributed by atoms with Crippen molar-refractivity contribution in [3.63, 3.8) is 0 Å². The molecule has 0 N–H and O–H groups in total. The minimum atomic E-state index is -0.297. The average molecular weight is 220 g/mol. The number of methoxy groups -OCH3 is 1. The number of ether oxygens (including phenoxy) is 3. The first kappa shape index (κ1) is 11.2. The zero-order chi connectivity index (χ0) is 11.2. The van der Waals surface area contributed by atoms with Crippen molar-refractivity contribution in [3.8, 4) is 0 Å². The van der Waals surface area contributed by atoms with E-state index in [2.05, 4.69) is 0 Å². The van der Waals surface area contributed by atoms with Crippen molar-refractivity contribution in [3.05, 3.63) is 48.2 Å². The van der Waals surface area contributed by atoms with Crippen LogP contribution < -0.4 is 0 Å². The molecular weight excluding hydrogens is 204 g/mol. The number of rotatable bonds is 4. The fraction of sp³-hybridized carbons (Fsp3) is 0.385. The summed E-state index contributed by atoms with van der Waals surface area (Å²) in [6.45, 7) is 0.586. The van der Waals surface area contributed by atoms with E-state index in [1.165, 1.54) is 0 Å². The summed E-state index contributed by atoms with van der Waals surface area (Å²) in [5.74, 6) is 0. The smallest absolute Gasteiger partial charge is 0.225 e. The standard InChI is InChI=1S/C13H16O3/c1-14-13-12(8-5-9-15-13)16-10-11-6-3-2-4-7-11/h2-7,9,12-13H,8,10H2,1H3/t12-,13-/m1/s1. The third-order valence-electron chi connectivity index (χ3n) is 2.52. The molecule has 2 atom stereocenters. The first-order chi connectivity index (χ1) is 7.90. The Labute approximate surface area is 95.6 Å². The highest BCUT2D eigenvalue weighted by Gasteiger charge is 2.24. The Bertz CT molecular complexity index is 334. The predicted molar refractivity (Wildman–Crippen MR) is 60.7 cm³/mol. The predicted octanol–water partition coefficient (Wildman–Crippen LogP) is 2.48. The van der Waals surface area contributed by atoms with Crippen LogP contribution in [0.2, 0.25) is 0 Å². The molecule has 0 amide bonds. The summed E-state index contributed by atoms with van der Waals surface area (Å²) >= 11 is 0. The first-order valence-electron chi connectivity index (χ1n) is 5.39. The second kappa shape index (κ2) is 5.68. The third-order valence-corrected chi connectivity index (χ3v) is 2.52. The van der Waals surface area contributed by atoms with Gasteiger partial charge in [-0.1, -0.05) is 30.3 Å². The Morgan fingerprint density at radius 3 is 2.88 bits per heavy atom. The van der Waals surface area contributed by atoms with Crippen molar-refractivity contribution in [1.82, 2.24) is 0 Å². The highest BCUT2D eigenvalue weighted by Crippen LogP contribution is 2.17. The van der Waals surface area contributed by atoms with Gasteiger partial charge >= 0.3 is 0 Å². The fourth-order valence-electron chi connectivity index (χ4n) is 1.65. The topological polar surface area (TPSA) is 27.7 Å². The summed E-state index contributed by atoms with van der Waals surface area (Å²) in [6, 6.07) is 10.1. The summed E-state index contributed by atoms with van der Waals surface area (Å²) in [4.78, 5) is 0. The van der Waals surface area contributed by atoms with Crippen LogP contribution in [0, 0.1) is 0 Å². The fourth-order valence-corrected chi connectivity index (χ4v) is 1.65. The van der Waals surface area contributed by atoms with Crippen LogP contribution in [0.3, 0.4) is 0 Å². The lowest BCUT2D eigenvalue weighted by Gasteiger charge is -2.27. The van der Waals surface area contributed by atoms with Gasteiger partial charge in [-0.05, 0) is 11.6 Å². The molecule has 3 heteroatoms. The molecule has 1 aliphatic heterocycles. The Kier molecular flexibility index (Phi) is 3.97. The van der Waals surface area contributed by atoms with Gasteiger partial charge in [0, 0.05) is 13.5 Å². The van der Waals surface area contributed by atoms with Crippen LogP contribution in [-0.4, -0.2) is 19.5 Å². The van der Waals surface area contributed by atoms with Gasteiger partial charge in [-0.25, -0.2) is 0 Å². The molecule has 1 heterocycles. The van der Waals surface area contributed by atoms with Gasteiger partial charge in [0.25, 0.3) is 0 Å². The molecule has 0 aromatic heterocycles. The molecule has 1 aromatic rings. The van der Waals surface area contributed by atoms with Gasteiger partial charge in [0.05, 0.1) is 12.9 Å². The molecule has 0 bridgehead atoms. The maximum absolute atomic E-state index is 5.77. The largest absolute Gasteiger partial charge is 0.470 e. The molecule has 86 valence electrons. The van der Waals surface area contributed by atoms with E-state index >= 15 is 0 Å². The van der Waals surface area contributed by atoms with Gasteiger partial charge < -0.3 is 14.2 Å². The van der Waals surface area contributed by atoms with Crippen LogP contribution in [0.1, 0.15) is 12.0 Å². The van der Waals surface area contributed by atoms with E-state index in [1.807, 2.05) is 36.4 Å². The van der Waals surface area contributed by atoms with E-state index in [0.717, 1.165) is 12.0 Å². The molecule has 2 rings (SSSR count). The molecule has 0 unspecified atom stereocenters. The van der Waals surface area contributed by atoms with Gasteiger partial charge in [-0.15, -0.1) is 0 Å². The van der Waals surface area contributed by atoms with Crippen molar-refractivity contribution in [1.29, 1.82) is 0 Å². The van der Waals surface area contributed by atoms with E-state index in [-0.39, 0.29) is 12.4 Å². The average Bonchev–Trinajstić information content (AvgIpc) is 2.38. The molecular formula is C13H16O3. The van der Waals surface area contributed by atoms with E-state index in [0.29, 0.717) is 6.61 Å². The van der Waals surface area contributed by atoms with Gasteiger partial charge in [0.15, 0.2) is 0 Å². The molecule has 0 spiro atoms. The highest BCUT2D eigenvalue weighted by atomic mass is 16.7. The molecule has 0 radical (unpaired) electrons. The Hall–Kier alpha value is -1.32. The van der Waals surface area contributed by atoms with Gasteiger partial charge in [-0.3, -0.25) is 0 Å². The van der Waals surface area contributed by atoms with Crippen molar-refractivity contribution in [2.24, 2.45) is 0 Å². The van der Waals surface area contributed by atoms with Crippen molar-refractivity contribution >= 4 is 0 Å².